The van der Waals surface area contributed by atoms with Crippen molar-refractivity contribution in [2.24, 2.45) is 0 Å². The second kappa shape index (κ2) is 7.23. The smallest absolute Gasteiger partial charge is 0.160 e. The maximum Gasteiger partial charge on any atom is 0.160 e. The summed E-state index contributed by atoms with van der Waals surface area (Å²) in [5.41, 5.74) is 6.69. The van der Waals surface area contributed by atoms with Crippen LogP contribution in [0.5, 0.6) is 0 Å². The van der Waals surface area contributed by atoms with Gasteiger partial charge in [0.05, 0.1) is 17.3 Å². The summed E-state index contributed by atoms with van der Waals surface area (Å²) in [6.45, 7) is 1.99. The van der Waals surface area contributed by atoms with E-state index in [9.17, 15) is 0 Å². The summed E-state index contributed by atoms with van der Waals surface area (Å²) in [6, 6.07) is 30.1. The Hall–Kier alpha value is -3.77. The van der Waals surface area contributed by atoms with Gasteiger partial charge < -0.3 is 0 Å². The molecule has 3 heteroatoms. The van der Waals surface area contributed by atoms with E-state index in [0.717, 1.165) is 33.6 Å². The zero-order valence-electron chi connectivity index (χ0n) is 14.9. The molecule has 0 aliphatic rings. The molecular weight excluding hydrogens is 330 g/mol. The summed E-state index contributed by atoms with van der Waals surface area (Å²) in [7, 11) is 0. The Labute approximate surface area is 158 Å². The number of rotatable bonds is 3. The second-order valence-corrected chi connectivity index (χ2v) is 6.35. The van der Waals surface area contributed by atoms with E-state index in [1.807, 2.05) is 67.6 Å². The minimum Gasteiger partial charge on any atom is -0.233 e. The minimum absolute atomic E-state index is 0.657. The highest BCUT2D eigenvalue weighted by Crippen LogP contribution is 2.27. The molecule has 128 valence electrons. The fraction of sp³-hybridized carbons (Fsp3) is 0.0417. The number of benzene rings is 3. The molecule has 0 saturated carbocycles. The van der Waals surface area contributed by atoms with Gasteiger partial charge in [0.1, 0.15) is 0 Å². The molecule has 27 heavy (non-hydrogen) atoms. The number of aryl methyl sites for hydroxylation is 1. The SMILES string of the molecule is Cc1cc(-c2ccccc2)nc(-c2cccc(-c3ccc(C#N)cc3)c2)n1. The first-order valence-corrected chi connectivity index (χ1v) is 8.75. The summed E-state index contributed by atoms with van der Waals surface area (Å²) in [5, 5.41) is 8.97. The van der Waals surface area contributed by atoms with Crippen LogP contribution in [0.3, 0.4) is 0 Å². The van der Waals surface area contributed by atoms with Crippen molar-refractivity contribution in [1.82, 2.24) is 9.97 Å². The summed E-state index contributed by atoms with van der Waals surface area (Å²) in [6.07, 6.45) is 0. The van der Waals surface area contributed by atoms with Gasteiger partial charge in [-0.3, -0.25) is 0 Å². The summed E-state index contributed by atoms with van der Waals surface area (Å²) < 4.78 is 0. The predicted octanol–water partition coefficient (Wildman–Crippen LogP) is 5.66. The van der Waals surface area contributed by atoms with Crippen LogP contribution in [-0.4, -0.2) is 9.97 Å². The van der Waals surface area contributed by atoms with Crippen LogP contribution < -0.4 is 0 Å². The quantitative estimate of drug-likeness (QED) is 0.480. The molecule has 0 N–H and O–H groups in total. The van der Waals surface area contributed by atoms with Crippen LogP contribution in [0, 0.1) is 18.3 Å². The van der Waals surface area contributed by atoms with Gasteiger partial charge in [-0.25, -0.2) is 9.97 Å². The van der Waals surface area contributed by atoms with Crippen LogP contribution in [0.25, 0.3) is 33.8 Å². The lowest BCUT2D eigenvalue weighted by molar-refractivity contribution is 1.12. The number of aromatic nitrogens is 2. The van der Waals surface area contributed by atoms with Gasteiger partial charge in [0.15, 0.2) is 5.82 Å². The fourth-order valence-electron chi connectivity index (χ4n) is 3.03. The molecule has 0 amide bonds. The van der Waals surface area contributed by atoms with Gasteiger partial charge in [-0.15, -0.1) is 0 Å². The lowest BCUT2D eigenvalue weighted by Crippen LogP contribution is -1.95. The van der Waals surface area contributed by atoms with Crippen molar-refractivity contribution in [2.45, 2.75) is 6.92 Å². The molecule has 0 spiro atoms. The van der Waals surface area contributed by atoms with E-state index < -0.39 is 0 Å². The molecule has 0 unspecified atom stereocenters. The zero-order chi connectivity index (χ0) is 18.6. The molecule has 0 aliphatic heterocycles. The van der Waals surface area contributed by atoms with Crippen molar-refractivity contribution in [2.75, 3.05) is 0 Å². The Kier molecular flexibility index (Phi) is 4.47. The van der Waals surface area contributed by atoms with Gasteiger partial charge >= 0.3 is 0 Å². The van der Waals surface area contributed by atoms with Crippen LogP contribution in [0.2, 0.25) is 0 Å². The molecule has 1 heterocycles. The first kappa shape index (κ1) is 16.7. The molecule has 0 radical (unpaired) electrons. The Morgan fingerprint density at radius 1 is 0.667 bits per heavy atom. The van der Waals surface area contributed by atoms with Crippen LogP contribution in [-0.2, 0) is 0 Å². The Morgan fingerprint density at radius 3 is 2.11 bits per heavy atom. The van der Waals surface area contributed by atoms with Crippen LogP contribution >= 0.6 is 0 Å². The van der Waals surface area contributed by atoms with E-state index in [4.69, 9.17) is 10.2 Å². The largest absolute Gasteiger partial charge is 0.233 e. The number of nitrogens with zero attached hydrogens (tertiary/aromatic N) is 3. The lowest BCUT2D eigenvalue weighted by atomic mass is 10.0. The van der Waals surface area contributed by atoms with E-state index >= 15 is 0 Å². The normalized spacial score (nSPS) is 10.4. The number of hydrogen-bond donors (Lipinski definition) is 0. The number of hydrogen-bond acceptors (Lipinski definition) is 3. The van der Waals surface area contributed by atoms with Gasteiger partial charge in [0.25, 0.3) is 0 Å². The van der Waals surface area contributed by atoms with Gasteiger partial charge in [-0.2, -0.15) is 5.26 Å². The molecule has 4 rings (SSSR count). The van der Waals surface area contributed by atoms with Crippen molar-refractivity contribution < 1.29 is 0 Å². The molecule has 0 aliphatic carbocycles. The standard InChI is InChI=1S/C24H17N3/c1-17-14-23(20-6-3-2-4-7-20)27-24(26-17)22-9-5-8-21(15-22)19-12-10-18(16-25)11-13-19/h2-15H,1H3. The van der Waals surface area contributed by atoms with Crippen LogP contribution in [0.4, 0.5) is 0 Å². The first-order chi connectivity index (χ1) is 13.2. The molecule has 1 aromatic heterocycles. The van der Waals surface area contributed by atoms with Crippen LogP contribution in [0.15, 0.2) is 84.9 Å². The topological polar surface area (TPSA) is 49.6 Å². The highest BCUT2D eigenvalue weighted by Gasteiger charge is 2.08. The maximum absolute atomic E-state index is 8.97. The highest BCUT2D eigenvalue weighted by molar-refractivity contribution is 5.72. The van der Waals surface area contributed by atoms with Crippen molar-refractivity contribution in [3.05, 3.63) is 96.2 Å². The molecule has 3 aromatic carbocycles. The van der Waals surface area contributed by atoms with E-state index in [1.165, 1.54) is 0 Å². The van der Waals surface area contributed by atoms with E-state index in [1.54, 1.807) is 0 Å². The van der Waals surface area contributed by atoms with Gasteiger partial charge in [0.2, 0.25) is 0 Å². The molecule has 0 atom stereocenters. The second-order valence-electron chi connectivity index (χ2n) is 6.35. The average molecular weight is 347 g/mol. The molecule has 0 bridgehead atoms. The molecule has 3 nitrogen and oxygen atoms in total. The summed E-state index contributed by atoms with van der Waals surface area (Å²) >= 11 is 0. The third kappa shape index (κ3) is 3.61. The average Bonchev–Trinajstić information content (AvgIpc) is 2.74. The summed E-state index contributed by atoms with van der Waals surface area (Å²) in [5.74, 6) is 0.712. The Bertz CT molecular complexity index is 1120. The Morgan fingerprint density at radius 2 is 1.37 bits per heavy atom. The third-order valence-corrected chi connectivity index (χ3v) is 4.39. The van der Waals surface area contributed by atoms with E-state index in [0.29, 0.717) is 11.4 Å². The molecule has 0 fully saturated rings. The number of nitriles is 1. The Balaban J connectivity index is 1.76. The van der Waals surface area contributed by atoms with E-state index in [-0.39, 0.29) is 0 Å². The van der Waals surface area contributed by atoms with Crippen LogP contribution in [0.1, 0.15) is 11.3 Å². The fourth-order valence-corrected chi connectivity index (χ4v) is 3.03. The van der Waals surface area contributed by atoms with E-state index in [2.05, 4.69) is 35.3 Å². The van der Waals surface area contributed by atoms with Gasteiger partial charge in [-0.05, 0) is 42.3 Å². The van der Waals surface area contributed by atoms with Crippen molar-refractivity contribution in [3.8, 4) is 39.8 Å². The third-order valence-electron chi connectivity index (χ3n) is 4.39. The monoisotopic (exact) mass is 347 g/mol. The molecule has 4 aromatic rings. The van der Waals surface area contributed by atoms with Gasteiger partial charge in [0, 0.05) is 16.8 Å². The van der Waals surface area contributed by atoms with Crippen molar-refractivity contribution in [1.29, 1.82) is 5.26 Å². The first-order valence-electron chi connectivity index (χ1n) is 8.75. The van der Waals surface area contributed by atoms with Crippen molar-refractivity contribution in [3.63, 3.8) is 0 Å². The highest BCUT2D eigenvalue weighted by atomic mass is 14.9. The van der Waals surface area contributed by atoms with Gasteiger partial charge in [-0.1, -0.05) is 60.7 Å². The molecular formula is C24H17N3. The maximum atomic E-state index is 8.97. The minimum atomic E-state index is 0.657. The predicted molar refractivity (Wildman–Crippen MR) is 108 cm³/mol. The van der Waals surface area contributed by atoms with Crippen molar-refractivity contribution >= 4 is 0 Å². The lowest BCUT2D eigenvalue weighted by Gasteiger charge is -2.08. The zero-order valence-corrected chi connectivity index (χ0v) is 14.9. The summed E-state index contributed by atoms with van der Waals surface area (Å²) in [4.78, 5) is 9.42. The molecule has 0 saturated heterocycles.